The second-order valence-electron chi connectivity index (χ2n) is 11.4. The molecule has 11 heteroatoms. The van der Waals surface area contributed by atoms with E-state index in [0.717, 1.165) is 24.5 Å². The fraction of sp³-hybridized carbons (Fsp3) is 0.250. The number of hydrogen-bond donors (Lipinski definition) is 2. The number of aliphatic carboxylic acids is 1. The van der Waals surface area contributed by atoms with Crippen LogP contribution < -0.4 is 5.73 Å². The molecule has 1 unspecified atom stereocenters. The van der Waals surface area contributed by atoms with E-state index in [9.17, 15) is 33.1 Å². The number of aromatic nitrogens is 2. The van der Waals surface area contributed by atoms with E-state index in [-0.39, 0.29) is 35.3 Å². The van der Waals surface area contributed by atoms with Gasteiger partial charge in [0.1, 0.15) is 12.1 Å². The SMILES string of the molecule is N#Cc1c(-c2ccccc2)ccnc1C=Cc1cc(CCc2cncc(C(N)=O)c2)c(CN2CCCCC2C(=O)O)cc1C(F)(F)F. The summed E-state index contributed by atoms with van der Waals surface area (Å²) in [6.45, 7) is 0.475. The van der Waals surface area contributed by atoms with E-state index in [1.54, 1.807) is 23.2 Å². The molecule has 5 rings (SSSR count). The summed E-state index contributed by atoms with van der Waals surface area (Å²) < 4.78 is 43.8. The zero-order chi connectivity index (χ0) is 33.6. The number of likely N-dealkylation sites (tertiary alicyclic amines) is 1. The molecule has 1 aliphatic heterocycles. The molecule has 1 atom stereocenters. The molecule has 2 aromatic heterocycles. The van der Waals surface area contributed by atoms with E-state index in [1.807, 2.05) is 30.3 Å². The van der Waals surface area contributed by atoms with Crippen LogP contribution in [0.15, 0.2) is 73.2 Å². The highest BCUT2D eigenvalue weighted by Gasteiger charge is 2.35. The van der Waals surface area contributed by atoms with Crippen molar-refractivity contribution in [1.82, 2.24) is 14.9 Å². The quantitative estimate of drug-likeness (QED) is 0.202. The molecule has 8 nitrogen and oxygen atoms in total. The first-order valence-electron chi connectivity index (χ1n) is 15.1. The lowest BCUT2D eigenvalue weighted by atomic mass is 9.92. The van der Waals surface area contributed by atoms with Crippen molar-refractivity contribution in [1.29, 1.82) is 5.26 Å². The third-order valence-electron chi connectivity index (χ3n) is 8.31. The van der Waals surface area contributed by atoms with Gasteiger partial charge in [0.15, 0.2) is 0 Å². The molecule has 0 spiro atoms. The summed E-state index contributed by atoms with van der Waals surface area (Å²) in [6.07, 6.45) is 4.93. The van der Waals surface area contributed by atoms with Crippen LogP contribution in [0.25, 0.3) is 23.3 Å². The van der Waals surface area contributed by atoms with Gasteiger partial charge in [-0.3, -0.25) is 24.5 Å². The number of carboxylic acid groups (broad SMARTS) is 1. The maximum atomic E-state index is 14.6. The molecule has 4 aromatic rings. The van der Waals surface area contributed by atoms with Crippen molar-refractivity contribution in [3.05, 3.63) is 118 Å². The summed E-state index contributed by atoms with van der Waals surface area (Å²) in [6, 6.07) is 16.4. The topological polar surface area (TPSA) is 133 Å². The Bertz CT molecular complexity index is 1850. The monoisotopic (exact) mass is 639 g/mol. The molecular formula is C36H32F3N5O3. The lowest BCUT2D eigenvalue weighted by Gasteiger charge is -2.33. The Hall–Kier alpha value is -5.34. The Morgan fingerprint density at radius 1 is 1.04 bits per heavy atom. The summed E-state index contributed by atoms with van der Waals surface area (Å²) in [4.78, 5) is 33.8. The van der Waals surface area contributed by atoms with Crippen LogP contribution in [0.4, 0.5) is 13.2 Å². The van der Waals surface area contributed by atoms with Crippen LogP contribution in [0, 0.1) is 11.3 Å². The number of hydrogen-bond acceptors (Lipinski definition) is 6. The lowest BCUT2D eigenvalue weighted by Crippen LogP contribution is -2.44. The largest absolute Gasteiger partial charge is 0.480 e. The maximum absolute atomic E-state index is 14.6. The van der Waals surface area contributed by atoms with Gasteiger partial charge in [-0.1, -0.05) is 48.9 Å². The highest BCUT2D eigenvalue weighted by atomic mass is 19.4. The predicted molar refractivity (Wildman–Crippen MR) is 171 cm³/mol. The molecule has 1 aliphatic rings. The van der Waals surface area contributed by atoms with Crippen molar-refractivity contribution in [3.63, 3.8) is 0 Å². The van der Waals surface area contributed by atoms with Gasteiger partial charge in [0, 0.05) is 30.7 Å². The molecule has 3 heterocycles. The Morgan fingerprint density at radius 3 is 2.53 bits per heavy atom. The number of halogens is 3. The molecule has 0 saturated carbocycles. The summed E-state index contributed by atoms with van der Waals surface area (Å²) in [7, 11) is 0. The van der Waals surface area contributed by atoms with Gasteiger partial charge in [-0.05, 0) is 84.3 Å². The first-order chi connectivity index (χ1) is 22.5. The van der Waals surface area contributed by atoms with Gasteiger partial charge in [0.2, 0.25) is 5.91 Å². The average Bonchev–Trinajstić information content (AvgIpc) is 3.06. The van der Waals surface area contributed by atoms with Gasteiger partial charge in [-0.15, -0.1) is 0 Å². The van der Waals surface area contributed by atoms with E-state index in [0.29, 0.717) is 41.6 Å². The van der Waals surface area contributed by atoms with Gasteiger partial charge in [0.05, 0.1) is 22.4 Å². The van der Waals surface area contributed by atoms with Gasteiger partial charge in [-0.25, -0.2) is 0 Å². The molecule has 1 fully saturated rings. The number of carbonyl (C=O) groups is 2. The lowest BCUT2D eigenvalue weighted by molar-refractivity contribution is -0.145. The molecule has 3 N–H and O–H groups in total. The summed E-state index contributed by atoms with van der Waals surface area (Å²) in [5.74, 6) is -1.65. The van der Waals surface area contributed by atoms with E-state index >= 15 is 0 Å². The second kappa shape index (κ2) is 14.4. The fourth-order valence-electron chi connectivity index (χ4n) is 5.94. The normalized spacial score (nSPS) is 15.4. The zero-order valence-electron chi connectivity index (χ0n) is 25.4. The summed E-state index contributed by atoms with van der Waals surface area (Å²) in [5.41, 5.74) is 8.07. The van der Waals surface area contributed by atoms with Crippen LogP contribution in [0.3, 0.4) is 0 Å². The standard InChI is InChI=1S/C36H32F3N5O3/c37-36(38,39)31-18-28(22-44-15-5-4-8-33(44)35(46)47)25(10-9-23-16-27(34(41)45)21-42-20-23)17-26(31)11-12-32-30(19-40)29(13-14-43-32)24-6-2-1-3-7-24/h1-3,6-7,11-14,16-18,20-21,33H,4-5,8-10,15,22H2,(H2,41,45)(H,46,47). The van der Waals surface area contributed by atoms with Crippen molar-refractivity contribution in [2.24, 2.45) is 5.73 Å². The van der Waals surface area contributed by atoms with Gasteiger partial charge >= 0.3 is 12.1 Å². The van der Waals surface area contributed by atoms with Crippen LogP contribution in [0.5, 0.6) is 0 Å². The maximum Gasteiger partial charge on any atom is 0.416 e. The van der Waals surface area contributed by atoms with Crippen molar-refractivity contribution in [2.75, 3.05) is 6.54 Å². The third-order valence-corrected chi connectivity index (χ3v) is 8.31. The third kappa shape index (κ3) is 7.91. The molecule has 0 aliphatic carbocycles. The molecule has 0 bridgehead atoms. The average molecular weight is 640 g/mol. The molecule has 0 radical (unpaired) electrons. The Morgan fingerprint density at radius 2 is 1.83 bits per heavy atom. The molecule has 1 saturated heterocycles. The van der Waals surface area contributed by atoms with Crippen molar-refractivity contribution < 1.29 is 27.9 Å². The van der Waals surface area contributed by atoms with Crippen LogP contribution in [-0.4, -0.2) is 44.4 Å². The number of pyridine rings is 2. The number of aryl methyl sites for hydroxylation is 2. The number of benzene rings is 2. The number of nitrogens with two attached hydrogens (primary N) is 1. The van der Waals surface area contributed by atoms with Crippen molar-refractivity contribution in [3.8, 4) is 17.2 Å². The van der Waals surface area contributed by atoms with Gasteiger partial charge in [-0.2, -0.15) is 18.4 Å². The van der Waals surface area contributed by atoms with Crippen LogP contribution in [-0.2, 0) is 30.4 Å². The Kier molecular flexibility index (Phi) is 10.1. The minimum absolute atomic E-state index is 0.0260. The number of primary amides is 1. The van der Waals surface area contributed by atoms with Crippen LogP contribution >= 0.6 is 0 Å². The zero-order valence-corrected chi connectivity index (χ0v) is 25.4. The highest BCUT2D eigenvalue weighted by Crippen LogP contribution is 2.36. The number of rotatable bonds is 10. The summed E-state index contributed by atoms with van der Waals surface area (Å²) >= 11 is 0. The molecule has 1 amide bonds. The Balaban J connectivity index is 1.58. The molecule has 240 valence electrons. The fourth-order valence-corrected chi connectivity index (χ4v) is 5.94. The minimum Gasteiger partial charge on any atom is -0.480 e. The number of alkyl halides is 3. The van der Waals surface area contributed by atoms with E-state index in [4.69, 9.17) is 5.73 Å². The number of nitrogens with zero attached hydrogens (tertiary/aromatic N) is 4. The van der Waals surface area contributed by atoms with E-state index in [2.05, 4.69) is 16.0 Å². The van der Waals surface area contributed by atoms with Gasteiger partial charge in [0.25, 0.3) is 0 Å². The number of carbonyl (C=O) groups excluding carboxylic acids is 1. The number of nitriles is 1. The first-order valence-corrected chi connectivity index (χ1v) is 15.1. The predicted octanol–water partition coefficient (Wildman–Crippen LogP) is 6.53. The Labute approximate surface area is 270 Å². The minimum atomic E-state index is -4.72. The second-order valence-corrected chi connectivity index (χ2v) is 11.4. The highest BCUT2D eigenvalue weighted by molar-refractivity contribution is 5.92. The van der Waals surface area contributed by atoms with Crippen molar-refractivity contribution in [2.45, 2.75) is 50.9 Å². The molecule has 47 heavy (non-hydrogen) atoms. The van der Waals surface area contributed by atoms with E-state index < -0.39 is 29.7 Å². The van der Waals surface area contributed by atoms with Crippen LogP contribution in [0.1, 0.15) is 68.7 Å². The van der Waals surface area contributed by atoms with Crippen LogP contribution in [0.2, 0.25) is 0 Å². The van der Waals surface area contributed by atoms with Crippen molar-refractivity contribution >= 4 is 24.0 Å². The molecule has 2 aromatic carbocycles. The van der Waals surface area contributed by atoms with Gasteiger partial charge < -0.3 is 10.8 Å². The summed E-state index contributed by atoms with van der Waals surface area (Å²) in [5, 5.41) is 19.8. The smallest absolute Gasteiger partial charge is 0.416 e. The first kappa shape index (κ1) is 33.0. The number of amides is 1. The van der Waals surface area contributed by atoms with E-state index in [1.165, 1.54) is 30.6 Å². The number of carboxylic acids is 1. The molecular weight excluding hydrogens is 607 g/mol. The number of piperidine rings is 1.